The van der Waals surface area contributed by atoms with Crippen molar-refractivity contribution in [1.29, 1.82) is 0 Å². The molecule has 4 nitrogen and oxygen atoms in total. The number of likely N-dealkylation sites (N-methyl/N-ethyl adjacent to an activating group) is 1. The third-order valence-corrected chi connectivity index (χ3v) is 4.32. The van der Waals surface area contributed by atoms with Gasteiger partial charge in [0.25, 0.3) is 0 Å². The molecule has 2 aromatic heterocycles. The second kappa shape index (κ2) is 7.57. The first-order valence-corrected chi connectivity index (χ1v) is 7.79. The molecule has 0 saturated carbocycles. The van der Waals surface area contributed by atoms with Gasteiger partial charge in [0.15, 0.2) is 0 Å². The number of aryl methyl sites for hydroxylation is 3. The van der Waals surface area contributed by atoms with E-state index in [4.69, 9.17) is 11.6 Å². The number of halogens is 1. The van der Waals surface area contributed by atoms with Gasteiger partial charge in [0, 0.05) is 31.9 Å². The van der Waals surface area contributed by atoms with Gasteiger partial charge in [-0.1, -0.05) is 18.5 Å². The summed E-state index contributed by atoms with van der Waals surface area (Å²) in [5.41, 5.74) is 3.41. The van der Waals surface area contributed by atoms with Crippen LogP contribution in [0.5, 0.6) is 0 Å². The maximum atomic E-state index is 6.43. The van der Waals surface area contributed by atoms with Crippen LogP contribution < -0.4 is 5.32 Å². The summed E-state index contributed by atoms with van der Waals surface area (Å²) in [5, 5.41) is 8.69. The minimum absolute atomic E-state index is 0.385. The highest BCUT2D eigenvalue weighted by atomic mass is 35.5. The topological polar surface area (TPSA) is 42.7 Å². The molecule has 0 radical (unpaired) electrons. The summed E-state index contributed by atoms with van der Waals surface area (Å²) in [5.74, 6) is 0. The van der Waals surface area contributed by atoms with Crippen molar-refractivity contribution < 1.29 is 0 Å². The Morgan fingerprint density at radius 3 is 2.62 bits per heavy atom. The van der Waals surface area contributed by atoms with E-state index in [1.807, 2.05) is 31.2 Å². The minimum Gasteiger partial charge on any atom is -0.317 e. The van der Waals surface area contributed by atoms with Crippen molar-refractivity contribution >= 4 is 11.6 Å². The molecule has 0 spiro atoms. The van der Waals surface area contributed by atoms with E-state index >= 15 is 0 Å². The molecule has 21 heavy (non-hydrogen) atoms. The molecule has 1 N–H and O–H groups in total. The number of hydrogen-bond acceptors (Lipinski definition) is 3. The largest absolute Gasteiger partial charge is 0.317 e. The molecule has 1 unspecified atom stereocenters. The molecule has 0 amide bonds. The highest BCUT2D eigenvalue weighted by Gasteiger charge is 2.17. The van der Waals surface area contributed by atoms with Crippen LogP contribution in [0.3, 0.4) is 0 Å². The Bertz CT molecular complexity index is 565. The minimum atomic E-state index is 0.385. The van der Waals surface area contributed by atoms with E-state index in [1.54, 1.807) is 0 Å². The van der Waals surface area contributed by atoms with Crippen molar-refractivity contribution in [1.82, 2.24) is 20.1 Å². The van der Waals surface area contributed by atoms with Crippen molar-refractivity contribution in [3.05, 3.63) is 46.5 Å². The van der Waals surface area contributed by atoms with Gasteiger partial charge in [-0.15, -0.1) is 0 Å². The van der Waals surface area contributed by atoms with Crippen LogP contribution in [0, 0.1) is 0 Å². The lowest BCUT2D eigenvalue weighted by atomic mass is 10.0. The number of nitrogens with zero attached hydrogens (tertiary/aromatic N) is 3. The first-order chi connectivity index (χ1) is 10.2. The maximum Gasteiger partial charge on any atom is 0.0850 e. The number of rotatable bonds is 7. The predicted molar refractivity (Wildman–Crippen MR) is 86.7 cm³/mol. The van der Waals surface area contributed by atoms with Crippen LogP contribution in [0.4, 0.5) is 0 Å². The van der Waals surface area contributed by atoms with Gasteiger partial charge in [-0.3, -0.25) is 9.67 Å². The van der Waals surface area contributed by atoms with Gasteiger partial charge in [0.05, 0.1) is 16.4 Å². The molecule has 0 saturated heterocycles. The predicted octanol–water partition coefficient (Wildman–Crippen LogP) is 2.79. The smallest absolute Gasteiger partial charge is 0.0850 e. The molecule has 2 rings (SSSR count). The molecule has 5 heteroatoms. The molecule has 2 heterocycles. The fourth-order valence-electron chi connectivity index (χ4n) is 2.51. The number of aromatic nitrogens is 3. The lowest BCUT2D eigenvalue weighted by Crippen LogP contribution is -2.29. The fourth-order valence-corrected chi connectivity index (χ4v) is 2.88. The van der Waals surface area contributed by atoms with E-state index in [1.165, 1.54) is 5.56 Å². The zero-order valence-corrected chi connectivity index (χ0v) is 13.7. The summed E-state index contributed by atoms with van der Waals surface area (Å²) >= 11 is 6.43. The van der Waals surface area contributed by atoms with Gasteiger partial charge in [-0.25, -0.2) is 0 Å². The number of nitrogens with one attached hydrogen (secondary N) is 1. The second-order valence-electron chi connectivity index (χ2n) is 5.27. The Balaban J connectivity index is 2.01. The third kappa shape index (κ3) is 4.05. The zero-order valence-electron chi connectivity index (χ0n) is 12.9. The van der Waals surface area contributed by atoms with Crippen LogP contribution in [-0.4, -0.2) is 27.9 Å². The Hall–Kier alpha value is -1.39. The second-order valence-corrected chi connectivity index (χ2v) is 5.65. The molecule has 0 aromatic carbocycles. The normalized spacial score (nSPS) is 12.6. The summed E-state index contributed by atoms with van der Waals surface area (Å²) in [7, 11) is 3.97. The van der Waals surface area contributed by atoms with Gasteiger partial charge in [-0.05, 0) is 44.0 Å². The molecule has 114 valence electrons. The number of hydrogen-bond donors (Lipinski definition) is 1. The van der Waals surface area contributed by atoms with E-state index < -0.39 is 0 Å². The van der Waals surface area contributed by atoms with Crippen LogP contribution in [0.25, 0.3) is 0 Å². The monoisotopic (exact) mass is 306 g/mol. The Morgan fingerprint density at radius 1 is 1.33 bits per heavy atom. The lowest BCUT2D eigenvalue weighted by Gasteiger charge is -2.16. The lowest BCUT2D eigenvalue weighted by molar-refractivity contribution is 0.503. The van der Waals surface area contributed by atoms with E-state index in [0.717, 1.165) is 42.1 Å². The van der Waals surface area contributed by atoms with E-state index in [0.29, 0.717) is 6.04 Å². The van der Waals surface area contributed by atoms with Crippen molar-refractivity contribution in [3.63, 3.8) is 0 Å². The van der Waals surface area contributed by atoms with Crippen LogP contribution in [-0.2, 0) is 26.3 Å². The molecule has 2 aromatic rings. The molecular weight excluding hydrogens is 284 g/mol. The molecule has 0 bridgehead atoms. The molecule has 0 aliphatic carbocycles. The third-order valence-electron chi connectivity index (χ3n) is 3.88. The fraction of sp³-hybridized carbons (Fsp3) is 0.500. The highest BCUT2D eigenvalue weighted by molar-refractivity contribution is 6.31. The van der Waals surface area contributed by atoms with E-state index in [-0.39, 0.29) is 0 Å². The Morgan fingerprint density at radius 2 is 2.05 bits per heavy atom. The molecular formula is C16H23ClN4. The van der Waals surface area contributed by atoms with E-state index in [2.05, 4.69) is 34.5 Å². The Labute approximate surface area is 131 Å². The van der Waals surface area contributed by atoms with Crippen molar-refractivity contribution in [2.75, 3.05) is 7.05 Å². The van der Waals surface area contributed by atoms with Crippen LogP contribution in [0.15, 0.2) is 24.5 Å². The van der Waals surface area contributed by atoms with Crippen molar-refractivity contribution in [2.45, 2.75) is 38.6 Å². The Kier molecular flexibility index (Phi) is 5.76. The number of pyridine rings is 1. The maximum absolute atomic E-state index is 6.43. The standard InChI is InChI=1S/C16H23ClN4/c1-4-14-16(17)15(21(3)20-14)11-13(18-2)6-5-12-7-9-19-10-8-12/h7-10,13,18H,4-6,11H2,1-3H3. The summed E-state index contributed by atoms with van der Waals surface area (Å²) in [6.45, 7) is 2.08. The van der Waals surface area contributed by atoms with Gasteiger partial charge in [0.2, 0.25) is 0 Å². The first-order valence-electron chi connectivity index (χ1n) is 7.42. The average molecular weight is 307 g/mol. The average Bonchev–Trinajstić information content (AvgIpc) is 2.79. The van der Waals surface area contributed by atoms with Crippen LogP contribution in [0.1, 0.15) is 30.3 Å². The van der Waals surface area contributed by atoms with Gasteiger partial charge >= 0.3 is 0 Å². The van der Waals surface area contributed by atoms with Gasteiger partial charge in [-0.2, -0.15) is 5.10 Å². The molecule has 0 fully saturated rings. The first kappa shape index (κ1) is 16.0. The SMILES string of the molecule is CCc1nn(C)c(CC(CCc2ccncc2)NC)c1Cl. The molecule has 0 aliphatic heterocycles. The summed E-state index contributed by atoms with van der Waals surface area (Å²) in [6, 6.07) is 4.52. The van der Waals surface area contributed by atoms with Crippen LogP contribution in [0.2, 0.25) is 5.02 Å². The summed E-state index contributed by atoms with van der Waals surface area (Å²) < 4.78 is 1.91. The van der Waals surface area contributed by atoms with Crippen molar-refractivity contribution in [3.8, 4) is 0 Å². The summed E-state index contributed by atoms with van der Waals surface area (Å²) in [6.07, 6.45) is 7.54. The quantitative estimate of drug-likeness (QED) is 0.855. The highest BCUT2D eigenvalue weighted by Crippen LogP contribution is 2.22. The van der Waals surface area contributed by atoms with Crippen LogP contribution >= 0.6 is 11.6 Å². The van der Waals surface area contributed by atoms with E-state index in [9.17, 15) is 0 Å². The molecule has 0 aliphatic rings. The van der Waals surface area contributed by atoms with Crippen molar-refractivity contribution in [2.24, 2.45) is 7.05 Å². The summed E-state index contributed by atoms with van der Waals surface area (Å²) in [4.78, 5) is 4.05. The zero-order chi connectivity index (χ0) is 15.2. The van der Waals surface area contributed by atoms with Gasteiger partial charge in [0.1, 0.15) is 0 Å². The molecule has 1 atom stereocenters. The van der Waals surface area contributed by atoms with Gasteiger partial charge < -0.3 is 5.32 Å².